The number of benzene rings is 1. The summed E-state index contributed by atoms with van der Waals surface area (Å²) in [5.41, 5.74) is 1.12. The van der Waals surface area contributed by atoms with Crippen LogP contribution in [-0.2, 0) is 16.0 Å². The van der Waals surface area contributed by atoms with Gasteiger partial charge in [0.05, 0.1) is 5.60 Å². The maximum absolute atomic E-state index is 13.2. The van der Waals surface area contributed by atoms with Gasteiger partial charge >= 0.3 is 0 Å². The van der Waals surface area contributed by atoms with Crippen LogP contribution in [0.4, 0.5) is 0 Å². The summed E-state index contributed by atoms with van der Waals surface area (Å²) < 4.78 is 7.54. The number of nitrogens with zero attached hydrogens (tertiary/aromatic N) is 5. The van der Waals surface area contributed by atoms with E-state index in [0.29, 0.717) is 6.42 Å². The highest BCUT2D eigenvalue weighted by atomic mass is 16.5. The number of hydrogen-bond acceptors (Lipinski definition) is 5. The van der Waals surface area contributed by atoms with Gasteiger partial charge in [-0.1, -0.05) is 30.3 Å². The van der Waals surface area contributed by atoms with Crippen LogP contribution in [-0.4, -0.2) is 56.3 Å². The molecule has 0 N–H and O–H groups in total. The monoisotopic (exact) mass is 341 g/mol. The van der Waals surface area contributed by atoms with E-state index in [2.05, 4.69) is 15.5 Å². The molecule has 3 heterocycles. The SMILES string of the molecule is O=C([C@H](Cc1ccccc1)n1cnnn1)N1CCC2(CCCO2)CC1. The normalized spacial score (nSPS) is 20.7. The van der Waals surface area contributed by atoms with Crippen molar-refractivity contribution in [1.82, 2.24) is 25.1 Å². The summed E-state index contributed by atoms with van der Waals surface area (Å²) in [6.45, 7) is 2.34. The van der Waals surface area contributed by atoms with Crippen LogP contribution in [0.2, 0.25) is 0 Å². The predicted octanol–water partition coefficient (Wildman–Crippen LogP) is 1.63. The molecule has 2 saturated heterocycles. The topological polar surface area (TPSA) is 73.1 Å². The molecule has 0 radical (unpaired) electrons. The lowest BCUT2D eigenvalue weighted by atomic mass is 9.88. The molecule has 132 valence electrons. The average Bonchev–Trinajstić information content (AvgIpc) is 3.33. The number of amides is 1. The van der Waals surface area contributed by atoms with Gasteiger partial charge in [-0.25, -0.2) is 4.68 Å². The van der Waals surface area contributed by atoms with Crippen molar-refractivity contribution in [3.8, 4) is 0 Å². The van der Waals surface area contributed by atoms with Gasteiger partial charge in [0.25, 0.3) is 0 Å². The molecule has 7 nitrogen and oxygen atoms in total. The zero-order valence-electron chi connectivity index (χ0n) is 14.3. The number of hydrogen-bond donors (Lipinski definition) is 0. The summed E-state index contributed by atoms with van der Waals surface area (Å²) in [7, 11) is 0. The van der Waals surface area contributed by atoms with E-state index < -0.39 is 6.04 Å². The first kappa shape index (κ1) is 16.2. The molecule has 1 spiro atoms. The average molecular weight is 341 g/mol. The standard InChI is InChI=1S/C18H23N5O2/c24-17(22-10-8-18(9-11-22)7-4-12-25-18)16(23-14-19-20-21-23)13-15-5-2-1-3-6-15/h1-3,5-6,14,16H,4,7-13H2/t16-/m0/s1. The molecule has 1 atom stereocenters. The number of rotatable bonds is 4. The van der Waals surface area contributed by atoms with E-state index in [0.717, 1.165) is 50.9 Å². The largest absolute Gasteiger partial charge is 0.375 e. The van der Waals surface area contributed by atoms with Crippen molar-refractivity contribution in [3.05, 3.63) is 42.2 Å². The number of carbonyl (C=O) groups excluding carboxylic acids is 1. The van der Waals surface area contributed by atoms with Crippen molar-refractivity contribution in [2.24, 2.45) is 0 Å². The Balaban J connectivity index is 1.48. The van der Waals surface area contributed by atoms with Crippen LogP contribution in [0.3, 0.4) is 0 Å². The molecule has 2 aliphatic rings. The smallest absolute Gasteiger partial charge is 0.247 e. The van der Waals surface area contributed by atoms with Crippen molar-refractivity contribution in [2.45, 2.75) is 43.7 Å². The minimum atomic E-state index is -0.407. The van der Waals surface area contributed by atoms with Gasteiger partial charge in [-0.2, -0.15) is 0 Å². The molecule has 2 fully saturated rings. The summed E-state index contributed by atoms with van der Waals surface area (Å²) in [4.78, 5) is 15.1. The Hall–Kier alpha value is -2.28. The lowest BCUT2D eigenvalue weighted by molar-refractivity contribution is -0.140. The molecular weight excluding hydrogens is 318 g/mol. The first-order valence-electron chi connectivity index (χ1n) is 8.95. The van der Waals surface area contributed by atoms with Crippen LogP contribution < -0.4 is 0 Å². The fourth-order valence-corrected chi connectivity index (χ4v) is 3.94. The molecule has 25 heavy (non-hydrogen) atoms. The van der Waals surface area contributed by atoms with Crippen molar-refractivity contribution in [3.63, 3.8) is 0 Å². The van der Waals surface area contributed by atoms with Crippen molar-refractivity contribution in [1.29, 1.82) is 0 Å². The summed E-state index contributed by atoms with van der Waals surface area (Å²) >= 11 is 0. The van der Waals surface area contributed by atoms with Gasteiger partial charge in [0.15, 0.2) is 0 Å². The lowest BCUT2D eigenvalue weighted by Gasteiger charge is -2.39. The molecule has 1 amide bonds. The lowest BCUT2D eigenvalue weighted by Crippen LogP contribution is -2.48. The third-order valence-electron chi connectivity index (χ3n) is 5.41. The Morgan fingerprint density at radius 1 is 1.20 bits per heavy atom. The van der Waals surface area contributed by atoms with Crippen molar-refractivity contribution in [2.75, 3.05) is 19.7 Å². The van der Waals surface area contributed by atoms with Crippen LogP contribution in [0.5, 0.6) is 0 Å². The maximum atomic E-state index is 13.2. The van der Waals surface area contributed by atoms with Crippen LogP contribution in [0.1, 0.15) is 37.3 Å². The minimum absolute atomic E-state index is 0.0144. The van der Waals surface area contributed by atoms with Crippen molar-refractivity contribution < 1.29 is 9.53 Å². The molecule has 7 heteroatoms. The van der Waals surface area contributed by atoms with Crippen LogP contribution >= 0.6 is 0 Å². The second kappa shape index (κ2) is 6.92. The number of piperidine rings is 1. The number of carbonyl (C=O) groups is 1. The van der Waals surface area contributed by atoms with E-state index in [4.69, 9.17) is 4.74 Å². The number of aromatic nitrogens is 4. The zero-order chi connectivity index (χ0) is 17.1. The van der Waals surface area contributed by atoms with Gasteiger partial charge in [0.1, 0.15) is 12.4 Å². The fourth-order valence-electron chi connectivity index (χ4n) is 3.94. The fraction of sp³-hybridized carbons (Fsp3) is 0.556. The Bertz CT molecular complexity index is 688. The third-order valence-corrected chi connectivity index (χ3v) is 5.41. The highest BCUT2D eigenvalue weighted by Crippen LogP contribution is 2.36. The van der Waals surface area contributed by atoms with E-state index in [1.807, 2.05) is 35.2 Å². The van der Waals surface area contributed by atoms with Crippen molar-refractivity contribution >= 4 is 5.91 Å². The van der Waals surface area contributed by atoms with E-state index in [-0.39, 0.29) is 11.5 Å². The molecule has 4 rings (SSSR count). The molecule has 0 bridgehead atoms. The predicted molar refractivity (Wildman–Crippen MR) is 90.7 cm³/mol. The number of tetrazole rings is 1. The Morgan fingerprint density at radius 3 is 2.64 bits per heavy atom. The maximum Gasteiger partial charge on any atom is 0.247 e. The van der Waals surface area contributed by atoms with Gasteiger partial charge in [-0.15, -0.1) is 5.10 Å². The van der Waals surface area contributed by atoms with E-state index in [1.165, 1.54) is 6.33 Å². The second-order valence-electron chi connectivity index (χ2n) is 6.96. The highest BCUT2D eigenvalue weighted by Gasteiger charge is 2.40. The van der Waals surface area contributed by atoms with E-state index in [1.54, 1.807) is 4.68 Å². The molecule has 1 aromatic carbocycles. The molecule has 0 aliphatic carbocycles. The summed E-state index contributed by atoms with van der Waals surface area (Å²) in [5, 5.41) is 11.4. The highest BCUT2D eigenvalue weighted by molar-refractivity contribution is 5.80. The minimum Gasteiger partial charge on any atom is -0.375 e. The van der Waals surface area contributed by atoms with E-state index >= 15 is 0 Å². The third kappa shape index (κ3) is 3.42. The van der Waals surface area contributed by atoms with Gasteiger partial charge in [-0.3, -0.25) is 4.79 Å². The summed E-state index contributed by atoms with van der Waals surface area (Å²) in [6, 6.07) is 9.60. The van der Waals surface area contributed by atoms with Crippen LogP contribution in [0, 0.1) is 0 Å². The molecular formula is C18H23N5O2. The quantitative estimate of drug-likeness (QED) is 0.845. The van der Waals surface area contributed by atoms with Gasteiger partial charge < -0.3 is 9.64 Å². The zero-order valence-corrected chi connectivity index (χ0v) is 14.3. The first-order valence-corrected chi connectivity index (χ1v) is 8.95. The van der Waals surface area contributed by atoms with Gasteiger partial charge in [0.2, 0.25) is 5.91 Å². The molecule has 2 aromatic rings. The Labute approximate surface area is 147 Å². The second-order valence-corrected chi connectivity index (χ2v) is 6.96. The molecule has 2 aliphatic heterocycles. The Kier molecular flexibility index (Phi) is 4.48. The van der Waals surface area contributed by atoms with Crippen LogP contribution in [0.25, 0.3) is 0 Å². The molecule has 0 unspecified atom stereocenters. The van der Waals surface area contributed by atoms with Gasteiger partial charge in [0, 0.05) is 26.1 Å². The summed E-state index contributed by atoms with van der Waals surface area (Å²) in [6.07, 6.45) is 6.21. The van der Waals surface area contributed by atoms with Crippen LogP contribution in [0.15, 0.2) is 36.7 Å². The first-order chi connectivity index (χ1) is 12.3. The Morgan fingerprint density at radius 2 is 2.00 bits per heavy atom. The van der Waals surface area contributed by atoms with Gasteiger partial charge in [-0.05, 0) is 41.7 Å². The molecule has 0 saturated carbocycles. The van der Waals surface area contributed by atoms with E-state index in [9.17, 15) is 4.79 Å². The number of likely N-dealkylation sites (tertiary alicyclic amines) is 1. The summed E-state index contributed by atoms with van der Waals surface area (Å²) in [5.74, 6) is 0.0870. The molecule has 1 aromatic heterocycles. The number of ether oxygens (including phenoxy) is 1.